The summed E-state index contributed by atoms with van der Waals surface area (Å²) in [6, 6.07) is 6.78. The summed E-state index contributed by atoms with van der Waals surface area (Å²) < 4.78 is 5.06. The number of carbonyl (C=O) groups excluding carboxylic acids is 2. The molecule has 1 saturated heterocycles. The van der Waals surface area contributed by atoms with Crippen molar-refractivity contribution in [1.82, 2.24) is 15.1 Å². The lowest BCUT2D eigenvalue weighted by Crippen LogP contribution is -2.42. The summed E-state index contributed by atoms with van der Waals surface area (Å²) >= 11 is 0.882. The van der Waals surface area contributed by atoms with Gasteiger partial charge in [-0.15, -0.1) is 10.2 Å². The molecule has 10 heteroatoms. The first-order valence-corrected chi connectivity index (χ1v) is 9.10. The fourth-order valence-electron chi connectivity index (χ4n) is 2.76. The van der Waals surface area contributed by atoms with E-state index in [1.54, 1.807) is 31.4 Å². The molecule has 1 aliphatic heterocycles. The number of nitrogens with zero attached hydrogens (tertiary/aromatic N) is 3. The van der Waals surface area contributed by atoms with E-state index in [0.29, 0.717) is 30.8 Å². The molecule has 2 aromatic rings. The third kappa shape index (κ3) is 4.40. The Bertz CT molecular complexity index is 851. The highest BCUT2D eigenvalue weighted by atomic mass is 32.1. The largest absolute Gasteiger partial charge is 0.497 e. The molecule has 2 heterocycles. The van der Waals surface area contributed by atoms with Crippen molar-refractivity contribution in [3.05, 3.63) is 34.3 Å². The van der Waals surface area contributed by atoms with E-state index in [-0.39, 0.29) is 16.6 Å². The third-order valence-corrected chi connectivity index (χ3v) is 5.12. The van der Waals surface area contributed by atoms with Gasteiger partial charge in [-0.25, -0.2) is 0 Å². The maximum Gasteiger partial charge on any atom is 0.308 e. The lowest BCUT2D eigenvalue weighted by Gasteiger charge is -2.29. The van der Waals surface area contributed by atoms with E-state index in [4.69, 9.17) is 9.84 Å². The van der Waals surface area contributed by atoms with Crippen molar-refractivity contribution < 1.29 is 24.2 Å². The lowest BCUT2D eigenvalue weighted by molar-refractivity contribution is -0.143. The Morgan fingerprint density at radius 1 is 1.22 bits per heavy atom. The SMILES string of the molecule is COc1ccc(NC(=O)c2nnc(C(=O)N3CCC[C@@H](C(=O)O)C3)s2)cc1. The Hall–Kier alpha value is -3.01. The Morgan fingerprint density at radius 2 is 1.93 bits per heavy atom. The van der Waals surface area contributed by atoms with Gasteiger partial charge >= 0.3 is 5.97 Å². The van der Waals surface area contributed by atoms with Crippen LogP contribution in [0.15, 0.2) is 24.3 Å². The second-order valence-electron chi connectivity index (χ2n) is 6.02. The van der Waals surface area contributed by atoms with E-state index in [1.807, 2.05) is 0 Å². The van der Waals surface area contributed by atoms with Crippen molar-refractivity contribution in [3.8, 4) is 5.75 Å². The maximum absolute atomic E-state index is 12.5. The monoisotopic (exact) mass is 390 g/mol. The van der Waals surface area contributed by atoms with Gasteiger partial charge < -0.3 is 20.1 Å². The number of amides is 2. The van der Waals surface area contributed by atoms with Crippen molar-refractivity contribution in [3.63, 3.8) is 0 Å². The minimum Gasteiger partial charge on any atom is -0.497 e. The number of likely N-dealkylation sites (tertiary alicyclic amines) is 1. The number of carboxylic acid groups (broad SMARTS) is 1. The highest BCUT2D eigenvalue weighted by Gasteiger charge is 2.30. The summed E-state index contributed by atoms with van der Waals surface area (Å²) in [5.74, 6) is -1.70. The maximum atomic E-state index is 12.5. The Kier molecular flexibility index (Phi) is 5.65. The summed E-state index contributed by atoms with van der Waals surface area (Å²) in [6.45, 7) is 0.608. The first kappa shape index (κ1) is 18.8. The molecular weight excluding hydrogens is 372 g/mol. The van der Waals surface area contributed by atoms with Gasteiger partial charge in [0.2, 0.25) is 10.0 Å². The van der Waals surface area contributed by atoms with Crippen LogP contribution in [0.25, 0.3) is 0 Å². The van der Waals surface area contributed by atoms with Crippen LogP contribution in [0, 0.1) is 5.92 Å². The number of hydrogen-bond acceptors (Lipinski definition) is 7. The number of methoxy groups -OCH3 is 1. The smallest absolute Gasteiger partial charge is 0.308 e. The van der Waals surface area contributed by atoms with Crippen LogP contribution in [-0.4, -0.2) is 58.2 Å². The van der Waals surface area contributed by atoms with Crippen LogP contribution in [0.2, 0.25) is 0 Å². The Morgan fingerprint density at radius 3 is 2.59 bits per heavy atom. The number of carboxylic acids is 1. The zero-order valence-corrected chi connectivity index (χ0v) is 15.4. The summed E-state index contributed by atoms with van der Waals surface area (Å²) in [7, 11) is 1.55. The molecule has 142 valence electrons. The summed E-state index contributed by atoms with van der Waals surface area (Å²) in [6.07, 6.45) is 1.16. The fourth-order valence-corrected chi connectivity index (χ4v) is 3.47. The molecule has 0 saturated carbocycles. The van der Waals surface area contributed by atoms with E-state index in [2.05, 4.69) is 15.5 Å². The first-order chi connectivity index (χ1) is 13.0. The Labute approximate surface area is 159 Å². The van der Waals surface area contributed by atoms with Gasteiger partial charge in [0.15, 0.2) is 0 Å². The number of ether oxygens (including phenoxy) is 1. The van der Waals surface area contributed by atoms with Crippen LogP contribution in [0.3, 0.4) is 0 Å². The number of hydrogen-bond donors (Lipinski definition) is 2. The molecule has 9 nitrogen and oxygen atoms in total. The topological polar surface area (TPSA) is 122 Å². The number of piperidine rings is 1. The standard InChI is InChI=1S/C17H18N4O5S/c1-26-12-6-4-11(5-7-12)18-13(22)14-19-20-15(27-14)16(23)21-8-2-3-10(9-21)17(24)25/h4-7,10H,2-3,8-9H2,1H3,(H,18,22)(H,24,25)/t10-/m1/s1. The minimum atomic E-state index is -0.913. The average molecular weight is 390 g/mol. The van der Waals surface area contributed by atoms with E-state index in [1.165, 1.54) is 4.90 Å². The number of aliphatic carboxylic acids is 1. The molecule has 0 unspecified atom stereocenters. The van der Waals surface area contributed by atoms with Crippen LogP contribution >= 0.6 is 11.3 Å². The van der Waals surface area contributed by atoms with Crippen molar-refractivity contribution in [2.24, 2.45) is 5.92 Å². The van der Waals surface area contributed by atoms with Gasteiger partial charge in [0, 0.05) is 18.8 Å². The molecule has 27 heavy (non-hydrogen) atoms. The van der Waals surface area contributed by atoms with Crippen LogP contribution in [0.1, 0.15) is 32.4 Å². The highest BCUT2D eigenvalue weighted by Crippen LogP contribution is 2.21. The zero-order chi connectivity index (χ0) is 19.4. The summed E-state index contributed by atoms with van der Waals surface area (Å²) in [4.78, 5) is 37.4. The van der Waals surface area contributed by atoms with E-state index in [9.17, 15) is 14.4 Å². The first-order valence-electron chi connectivity index (χ1n) is 8.29. The predicted octanol–water partition coefficient (Wildman–Crippen LogP) is 1.74. The molecule has 1 atom stereocenters. The summed E-state index contributed by atoms with van der Waals surface area (Å²) in [5.41, 5.74) is 0.559. The third-order valence-electron chi connectivity index (χ3n) is 4.21. The molecule has 2 amide bonds. The molecule has 1 aromatic heterocycles. The van der Waals surface area contributed by atoms with Crippen LogP contribution in [-0.2, 0) is 4.79 Å². The van der Waals surface area contributed by atoms with Crippen molar-refractivity contribution in [2.45, 2.75) is 12.8 Å². The van der Waals surface area contributed by atoms with Gasteiger partial charge in [-0.05, 0) is 37.1 Å². The van der Waals surface area contributed by atoms with E-state index >= 15 is 0 Å². The van der Waals surface area contributed by atoms with Crippen molar-refractivity contribution >= 4 is 34.8 Å². The average Bonchev–Trinajstić information content (AvgIpc) is 3.18. The molecule has 0 radical (unpaired) electrons. The van der Waals surface area contributed by atoms with Gasteiger partial charge in [-0.3, -0.25) is 14.4 Å². The number of benzene rings is 1. The molecule has 0 spiro atoms. The van der Waals surface area contributed by atoms with Gasteiger partial charge in [0.05, 0.1) is 13.0 Å². The molecule has 1 fully saturated rings. The van der Waals surface area contributed by atoms with Crippen LogP contribution in [0.5, 0.6) is 5.75 Å². The number of nitrogens with one attached hydrogen (secondary N) is 1. The molecule has 3 rings (SSSR count). The Balaban J connectivity index is 1.65. The van der Waals surface area contributed by atoms with Gasteiger partial charge in [-0.1, -0.05) is 11.3 Å². The quantitative estimate of drug-likeness (QED) is 0.797. The van der Waals surface area contributed by atoms with Crippen molar-refractivity contribution in [1.29, 1.82) is 0 Å². The normalized spacial score (nSPS) is 16.6. The van der Waals surface area contributed by atoms with Crippen LogP contribution in [0.4, 0.5) is 5.69 Å². The zero-order valence-electron chi connectivity index (χ0n) is 14.5. The fraction of sp³-hybridized carbons (Fsp3) is 0.353. The van der Waals surface area contributed by atoms with Crippen molar-refractivity contribution in [2.75, 3.05) is 25.5 Å². The number of anilines is 1. The van der Waals surface area contributed by atoms with E-state index in [0.717, 1.165) is 11.3 Å². The number of carbonyl (C=O) groups is 3. The predicted molar refractivity (Wildman–Crippen MR) is 97.1 cm³/mol. The number of rotatable bonds is 5. The molecule has 0 bridgehead atoms. The number of aromatic nitrogens is 2. The highest BCUT2D eigenvalue weighted by molar-refractivity contribution is 7.15. The summed E-state index contributed by atoms with van der Waals surface area (Å²) in [5, 5.41) is 19.5. The van der Waals surface area contributed by atoms with Gasteiger partial charge in [0.1, 0.15) is 5.75 Å². The second kappa shape index (κ2) is 8.12. The van der Waals surface area contributed by atoms with E-state index < -0.39 is 23.7 Å². The second-order valence-corrected chi connectivity index (χ2v) is 7.00. The molecule has 1 aliphatic rings. The minimum absolute atomic E-state index is 0.0564. The molecule has 0 aliphatic carbocycles. The molecule has 1 aromatic carbocycles. The molecule has 2 N–H and O–H groups in total. The van der Waals surface area contributed by atoms with Crippen LogP contribution < -0.4 is 10.1 Å². The lowest BCUT2D eigenvalue weighted by atomic mass is 9.98. The van der Waals surface area contributed by atoms with Gasteiger partial charge in [0.25, 0.3) is 11.8 Å². The van der Waals surface area contributed by atoms with Gasteiger partial charge in [-0.2, -0.15) is 0 Å². The molecular formula is C17H18N4O5S.